The SMILES string of the molecule is N=C(N)N1CCC(F)CC1. The number of halogens is 1. The van der Waals surface area contributed by atoms with Crippen molar-refractivity contribution in [1.82, 2.24) is 4.90 Å². The molecule has 0 amide bonds. The molecule has 0 aromatic carbocycles. The Bertz CT molecular complexity index is 129. The van der Waals surface area contributed by atoms with Gasteiger partial charge >= 0.3 is 0 Å². The first-order valence-corrected chi connectivity index (χ1v) is 3.43. The van der Waals surface area contributed by atoms with Gasteiger partial charge in [0, 0.05) is 13.1 Å². The summed E-state index contributed by atoms with van der Waals surface area (Å²) in [6, 6.07) is 0. The van der Waals surface area contributed by atoms with E-state index in [1.165, 1.54) is 0 Å². The average molecular weight is 145 g/mol. The van der Waals surface area contributed by atoms with Gasteiger partial charge in [0.25, 0.3) is 0 Å². The number of alkyl halides is 1. The minimum Gasteiger partial charge on any atom is -0.370 e. The van der Waals surface area contributed by atoms with Crippen LogP contribution in [0, 0.1) is 5.41 Å². The molecule has 0 aliphatic carbocycles. The van der Waals surface area contributed by atoms with Gasteiger partial charge in [0.05, 0.1) is 0 Å². The Morgan fingerprint density at radius 2 is 2.00 bits per heavy atom. The normalized spacial score (nSPS) is 21.1. The standard InChI is InChI=1S/C6H12FN3/c7-5-1-3-10(4-2-5)6(8)9/h5H,1-4H2,(H3,8,9). The lowest BCUT2D eigenvalue weighted by atomic mass is 10.1. The molecule has 0 atom stereocenters. The van der Waals surface area contributed by atoms with Gasteiger partial charge in [0.2, 0.25) is 0 Å². The molecule has 3 nitrogen and oxygen atoms in total. The fourth-order valence-corrected chi connectivity index (χ4v) is 1.09. The Balaban J connectivity index is 2.33. The Morgan fingerprint density at radius 3 is 2.40 bits per heavy atom. The molecule has 0 unspecified atom stereocenters. The van der Waals surface area contributed by atoms with Crippen LogP contribution in [-0.2, 0) is 0 Å². The molecular formula is C6H12FN3. The smallest absolute Gasteiger partial charge is 0.188 e. The lowest BCUT2D eigenvalue weighted by Gasteiger charge is -2.28. The van der Waals surface area contributed by atoms with Gasteiger partial charge in [-0.05, 0) is 12.8 Å². The monoisotopic (exact) mass is 145 g/mol. The van der Waals surface area contributed by atoms with Crippen molar-refractivity contribution >= 4 is 5.96 Å². The van der Waals surface area contributed by atoms with Gasteiger partial charge in [-0.25, -0.2) is 4.39 Å². The summed E-state index contributed by atoms with van der Waals surface area (Å²) in [4.78, 5) is 1.69. The largest absolute Gasteiger partial charge is 0.370 e. The number of piperidine rings is 1. The fraction of sp³-hybridized carbons (Fsp3) is 0.833. The number of hydrogen-bond acceptors (Lipinski definition) is 1. The molecule has 0 aromatic heterocycles. The zero-order valence-electron chi connectivity index (χ0n) is 5.81. The molecule has 0 saturated carbocycles. The summed E-state index contributed by atoms with van der Waals surface area (Å²) >= 11 is 0. The van der Waals surface area contributed by atoms with Crippen LogP contribution in [0.5, 0.6) is 0 Å². The second kappa shape index (κ2) is 2.86. The molecule has 1 aliphatic heterocycles. The summed E-state index contributed by atoms with van der Waals surface area (Å²) < 4.78 is 12.5. The van der Waals surface area contributed by atoms with Crippen molar-refractivity contribution in [3.63, 3.8) is 0 Å². The highest BCUT2D eigenvalue weighted by atomic mass is 19.1. The van der Waals surface area contributed by atoms with E-state index in [2.05, 4.69) is 0 Å². The summed E-state index contributed by atoms with van der Waals surface area (Å²) in [6.45, 7) is 1.19. The van der Waals surface area contributed by atoms with Crippen molar-refractivity contribution in [3.8, 4) is 0 Å². The third-order valence-electron chi connectivity index (χ3n) is 1.77. The second-order valence-electron chi connectivity index (χ2n) is 2.55. The lowest BCUT2D eigenvalue weighted by Crippen LogP contribution is -2.42. The highest BCUT2D eigenvalue weighted by molar-refractivity contribution is 5.74. The molecule has 0 aromatic rings. The first-order chi connectivity index (χ1) is 4.70. The van der Waals surface area contributed by atoms with Crippen LogP contribution in [0.2, 0.25) is 0 Å². The Morgan fingerprint density at radius 1 is 1.50 bits per heavy atom. The lowest BCUT2D eigenvalue weighted by molar-refractivity contribution is 0.202. The number of nitrogens with zero attached hydrogens (tertiary/aromatic N) is 1. The first kappa shape index (κ1) is 7.31. The van der Waals surface area contributed by atoms with Crippen molar-refractivity contribution in [1.29, 1.82) is 5.41 Å². The van der Waals surface area contributed by atoms with Gasteiger partial charge < -0.3 is 10.6 Å². The van der Waals surface area contributed by atoms with Gasteiger partial charge in [-0.15, -0.1) is 0 Å². The molecule has 1 fully saturated rings. The molecule has 1 saturated heterocycles. The Kier molecular flexibility index (Phi) is 2.09. The summed E-state index contributed by atoms with van der Waals surface area (Å²) in [5, 5.41) is 7.04. The highest BCUT2D eigenvalue weighted by Gasteiger charge is 2.18. The number of rotatable bonds is 0. The quantitative estimate of drug-likeness (QED) is 0.381. The van der Waals surface area contributed by atoms with E-state index in [0.29, 0.717) is 25.9 Å². The van der Waals surface area contributed by atoms with Crippen molar-refractivity contribution < 1.29 is 4.39 Å². The van der Waals surface area contributed by atoms with Crippen LogP contribution < -0.4 is 5.73 Å². The molecule has 1 rings (SSSR count). The number of guanidine groups is 1. The van der Waals surface area contributed by atoms with Crippen LogP contribution in [0.1, 0.15) is 12.8 Å². The van der Waals surface area contributed by atoms with Crippen LogP contribution >= 0.6 is 0 Å². The highest BCUT2D eigenvalue weighted by Crippen LogP contribution is 2.11. The van der Waals surface area contributed by atoms with Crippen molar-refractivity contribution in [2.75, 3.05) is 13.1 Å². The molecule has 1 heterocycles. The van der Waals surface area contributed by atoms with E-state index in [0.717, 1.165) is 0 Å². The predicted octanol–water partition coefficient (Wildman–Crippen LogP) is 0.314. The van der Waals surface area contributed by atoms with Gasteiger partial charge in [0.15, 0.2) is 5.96 Å². The number of hydrogen-bond donors (Lipinski definition) is 2. The third kappa shape index (κ3) is 1.59. The maximum Gasteiger partial charge on any atom is 0.188 e. The van der Waals surface area contributed by atoms with Crippen molar-refractivity contribution in [2.45, 2.75) is 19.0 Å². The Hall–Kier alpha value is -0.800. The molecule has 0 spiro atoms. The van der Waals surface area contributed by atoms with Crippen molar-refractivity contribution in [3.05, 3.63) is 0 Å². The number of nitrogens with two attached hydrogens (primary N) is 1. The molecule has 1 aliphatic rings. The van der Waals surface area contributed by atoms with E-state index >= 15 is 0 Å². The minimum absolute atomic E-state index is 0.0619. The first-order valence-electron chi connectivity index (χ1n) is 3.43. The van der Waals surface area contributed by atoms with Gasteiger partial charge in [-0.3, -0.25) is 5.41 Å². The molecule has 0 radical (unpaired) electrons. The van der Waals surface area contributed by atoms with Crippen LogP contribution in [-0.4, -0.2) is 30.1 Å². The summed E-state index contributed by atoms with van der Waals surface area (Å²) in [7, 11) is 0. The molecule has 4 heteroatoms. The van der Waals surface area contributed by atoms with E-state index in [4.69, 9.17) is 11.1 Å². The van der Waals surface area contributed by atoms with E-state index < -0.39 is 6.17 Å². The summed E-state index contributed by atoms with van der Waals surface area (Å²) in [5.41, 5.74) is 5.20. The van der Waals surface area contributed by atoms with E-state index in [1.807, 2.05) is 0 Å². The topological polar surface area (TPSA) is 53.1 Å². The third-order valence-corrected chi connectivity index (χ3v) is 1.77. The van der Waals surface area contributed by atoms with Crippen LogP contribution in [0.3, 0.4) is 0 Å². The molecule has 3 N–H and O–H groups in total. The number of likely N-dealkylation sites (tertiary alicyclic amines) is 1. The van der Waals surface area contributed by atoms with Crippen LogP contribution in [0.15, 0.2) is 0 Å². The fourth-order valence-electron chi connectivity index (χ4n) is 1.09. The molecule has 58 valence electrons. The van der Waals surface area contributed by atoms with E-state index in [-0.39, 0.29) is 5.96 Å². The zero-order chi connectivity index (χ0) is 7.56. The molecule has 10 heavy (non-hydrogen) atoms. The maximum atomic E-state index is 12.5. The predicted molar refractivity (Wildman–Crippen MR) is 37.6 cm³/mol. The van der Waals surface area contributed by atoms with Crippen LogP contribution in [0.25, 0.3) is 0 Å². The Labute approximate surface area is 59.5 Å². The second-order valence-corrected chi connectivity index (χ2v) is 2.55. The summed E-state index contributed by atoms with van der Waals surface area (Å²) in [6.07, 6.45) is 0.342. The molecular weight excluding hydrogens is 133 g/mol. The zero-order valence-corrected chi connectivity index (χ0v) is 5.81. The minimum atomic E-state index is -0.685. The average Bonchev–Trinajstić information content (AvgIpc) is 1.88. The molecule has 0 bridgehead atoms. The van der Waals surface area contributed by atoms with Gasteiger partial charge in [-0.1, -0.05) is 0 Å². The number of nitrogens with one attached hydrogen (secondary N) is 1. The summed E-state index contributed by atoms with van der Waals surface area (Å²) in [5.74, 6) is 0.0619. The van der Waals surface area contributed by atoms with Gasteiger partial charge in [-0.2, -0.15) is 0 Å². The van der Waals surface area contributed by atoms with Crippen molar-refractivity contribution in [2.24, 2.45) is 5.73 Å². The van der Waals surface area contributed by atoms with Crippen LogP contribution in [0.4, 0.5) is 4.39 Å². The maximum absolute atomic E-state index is 12.5. The van der Waals surface area contributed by atoms with Gasteiger partial charge in [0.1, 0.15) is 6.17 Å². The van der Waals surface area contributed by atoms with E-state index in [9.17, 15) is 4.39 Å². The van der Waals surface area contributed by atoms with E-state index in [1.54, 1.807) is 4.90 Å².